The Bertz CT molecular complexity index is 482. The Balaban J connectivity index is 2.36. The van der Waals surface area contributed by atoms with Gasteiger partial charge >= 0.3 is 0 Å². The third-order valence-electron chi connectivity index (χ3n) is 3.32. The van der Waals surface area contributed by atoms with E-state index in [9.17, 15) is 4.79 Å². The van der Waals surface area contributed by atoms with Crippen molar-refractivity contribution in [3.05, 3.63) is 58.7 Å². The minimum atomic E-state index is 0.0755. The van der Waals surface area contributed by atoms with Gasteiger partial charge in [0.25, 0.3) is 0 Å². The number of ketones is 1. The molecular weight excluding hydrogens is 196 g/mol. The second-order valence-electron chi connectivity index (χ2n) is 4.31. The Labute approximate surface area is 96.6 Å². The summed E-state index contributed by atoms with van der Waals surface area (Å²) in [5.41, 5.74) is 5.73. The molecule has 0 N–H and O–H groups in total. The van der Waals surface area contributed by atoms with Crippen LogP contribution in [0.25, 0.3) is 0 Å². The highest BCUT2D eigenvalue weighted by Gasteiger charge is 2.22. The summed E-state index contributed by atoms with van der Waals surface area (Å²) in [4.78, 5) is 11.4. The maximum Gasteiger partial charge on any atom is 0.159 e. The van der Waals surface area contributed by atoms with Crippen molar-refractivity contribution in [1.82, 2.24) is 0 Å². The molecule has 0 aromatic carbocycles. The van der Waals surface area contributed by atoms with Crippen LogP contribution in [0.2, 0.25) is 0 Å². The zero-order valence-corrected chi connectivity index (χ0v) is 9.84. The van der Waals surface area contributed by atoms with Crippen molar-refractivity contribution in [2.24, 2.45) is 0 Å². The fraction of sp³-hybridized carbons (Fsp3) is 0.267. The highest BCUT2D eigenvalue weighted by atomic mass is 16.1. The van der Waals surface area contributed by atoms with E-state index in [2.05, 4.69) is 37.8 Å². The largest absolute Gasteiger partial charge is 0.295 e. The van der Waals surface area contributed by atoms with E-state index in [1.54, 1.807) is 6.92 Å². The van der Waals surface area contributed by atoms with Gasteiger partial charge in [-0.3, -0.25) is 4.79 Å². The van der Waals surface area contributed by atoms with E-state index in [-0.39, 0.29) is 5.78 Å². The normalized spacial score (nSPS) is 18.9. The first-order valence-corrected chi connectivity index (χ1v) is 5.57. The number of rotatable bonds is 2. The molecule has 0 radical (unpaired) electrons. The van der Waals surface area contributed by atoms with Gasteiger partial charge in [0.05, 0.1) is 0 Å². The van der Waals surface area contributed by atoms with Gasteiger partial charge in [0, 0.05) is 5.57 Å². The van der Waals surface area contributed by atoms with E-state index in [4.69, 9.17) is 0 Å². The number of hydrogen-bond acceptors (Lipinski definition) is 1. The molecule has 1 heteroatoms. The van der Waals surface area contributed by atoms with Gasteiger partial charge < -0.3 is 0 Å². The predicted molar refractivity (Wildman–Crippen MR) is 67.1 cm³/mol. The quantitative estimate of drug-likeness (QED) is 0.638. The van der Waals surface area contributed by atoms with Crippen molar-refractivity contribution in [2.75, 3.05) is 0 Å². The molecule has 2 aliphatic rings. The Morgan fingerprint density at radius 3 is 2.81 bits per heavy atom. The number of carbonyl (C=O) groups is 1. The summed E-state index contributed by atoms with van der Waals surface area (Å²) in [6.45, 7) is 7.57. The van der Waals surface area contributed by atoms with Crippen LogP contribution >= 0.6 is 0 Å². The fourth-order valence-electron chi connectivity index (χ4n) is 2.28. The lowest BCUT2D eigenvalue weighted by Crippen LogP contribution is -1.99. The van der Waals surface area contributed by atoms with Gasteiger partial charge in [0.15, 0.2) is 5.78 Å². The predicted octanol–water partition coefficient (Wildman–Crippen LogP) is 3.66. The molecule has 0 saturated heterocycles. The minimum Gasteiger partial charge on any atom is -0.295 e. The van der Waals surface area contributed by atoms with E-state index in [0.717, 1.165) is 18.4 Å². The smallest absolute Gasteiger partial charge is 0.159 e. The number of carbonyl (C=O) groups excluding carboxylic acids is 1. The first-order valence-electron chi connectivity index (χ1n) is 5.57. The van der Waals surface area contributed by atoms with Crippen LogP contribution in [-0.4, -0.2) is 5.78 Å². The average molecular weight is 212 g/mol. The van der Waals surface area contributed by atoms with Crippen molar-refractivity contribution >= 4 is 5.78 Å². The Morgan fingerprint density at radius 2 is 2.12 bits per heavy atom. The summed E-state index contributed by atoms with van der Waals surface area (Å²) >= 11 is 0. The molecule has 0 bridgehead atoms. The third kappa shape index (κ3) is 1.73. The molecule has 0 aromatic rings. The Kier molecular flexibility index (Phi) is 2.78. The molecule has 0 atom stereocenters. The standard InChI is InChI=1S/C15H16O/c1-10(12(3)16)15-9-13-7-5-4-6-8-14(13)11(15)2/h4-7H,1,8-9H2,2-3H3. The number of Topliss-reactive ketones (excluding diaryl/α,β-unsaturated/α-hetero) is 1. The second-order valence-corrected chi connectivity index (χ2v) is 4.31. The zero-order valence-electron chi connectivity index (χ0n) is 9.84. The van der Waals surface area contributed by atoms with Gasteiger partial charge in [-0.1, -0.05) is 30.9 Å². The molecule has 2 aliphatic carbocycles. The van der Waals surface area contributed by atoms with Gasteiger partial charge in [-0.25, -0.2) is 0 Å². The summed E-state index contributed by atoms with van der Waals surface area (Å²) in [5.74, 6) is 0.0755. The van der Waals surface area contributed by atoms with Crippen LogP contribution < -0.4 is 0 Å². The van der Waals surface area contributed by atoms with E-state index in [1.165, 1.54) is 16.7 Å². The molecule has 0 spiro atoms. The topological polar surface area (TPSA) is 17.1 Å². The maximum atomic E-state index is 11.4. The zero-order chi connectivity index (χ0) is 11.7. The molecule has 0 amide bonds. The molecule has 0 aromatic heterocycles. The van der Waals surface area contributed by atoms with E-state index >= 15 is 0 Å². The van der Waals surface area contributed by atoms with Crippen LogP contribution in [0.4, 0.5) is 0 Å². The lowest BCUT2D eigenvalue weighted by atomic mass is 9.98. The van der Waals surface area contributed by atoms with E-state index < -0.39 is 0 Å². The van der Waals surface area contributed by atoms with Gasteiger partial charge in [0.1, 0.15) is 0 Å². The van der Waals surface area contributed by atoms with Gasteiger partial charge in [-0.2, -0.15) is 0 Å². The molecule has 0 heterocycles. The van der Waals surface area contributed by atoms with Crippen LogP contribution in [-0.2, 0) is 4.79 Å². The SMILES string of the molecule is C=C(C(C)=O)C1=C(C)C2=C(C=CC=CC2)C1. The molecule has 82 valence electrons. The fourth-order valence-corrected chi connectivity index (χ4v) is 2.28. The highest BCUT2D eigenvalue weighted by Crippen LogP contribution is 2.38. The first kappa shape index (κ1) is 10.9. The van der Waals surface area contributed by atoms with Crippen molar-refractivity contribution in [3.8, 4) is 0 Å². The molecular formula is C15H16O. The monoisotopic (exact) mass is 212 g/mol. The van der Waals surface area contributed by atoms with Gasteiger partial charge in [-0.05, 0) is 49.0 Å². The molecule has 0 aliphatic heterocycles. The summed E-state index contributed by atoms with van der Waals surface area (Å²) in [7, 11) is 0. The van der Waals surface area contributed by atoms with Crippen molar-refractivity contribution in [3.63, 3.8) is 0 Å². The molecule has 1 nitrogen and oxygen atoms in total. The van der Waals surface area contributed by atoms with Crippen molar-refractivity contribution < 1.29 is 4.79 Å². The van der Waals surface area contributed by atoms with Crippen LogP contribution in [0.5, 0.6) is 0 Å². The van der Waals surface area contributed by atoms with Gasteiger partial charge in [0.2, 0.25) is 0 Å². The van der Waals surface area contributed by atoms with Crippen LogP contribution in [0.15, 0.2) is 58.7 Å². The summed E-state index contributed by atoms with van der Waals surface area (Å²) in [5, 5.41) is 0. The second kappa shape index (κ2) is 4.09. The number of allylic oxidation sites excluding steroid dienone is 9. The van der Waals surface area contributed by atoms with E-state index in [0.29, 0.717) is 5.57 Å². The van der Waals surface area contributed by atoms with Crippen LogP contribution in [0.1, 0.15) is 26.7 Å². The Hall–Kier alpha value is -1.63. The summed E-state index contributed by atoms with van der Waals surface area (Å²) in [6, 6.07) is 0. The van der Waals surface area contributed by atoms with E-state index in [1.807, 2.05) is 0 Å². The minimum absolute atomic E-state index is 0.0755. The Morgan fingerprint density at radius 1 is 1.38 bits per heavy atom. The van der Waals surface area contributed by atoms with Crippen LogP contribution in [0.3, 0.4) is 0 Å². The average Bonchev–Trinajstić information content (AvgIpc) is 2.45. The van der Waals surface area contributed by atoms with Gasteiger partial charge in [-0.15, -0.1) is 0 Å². The number of hydrogen-bond donors (Lipinski definition) is 0. The lowest BCUT2D eigenvalue weighted by molar-refractivity contribution is -0.113. The lowest BCUT2D eigenvalue weighted by Gasteiger charge is -2.06. The first-order chi connectivity index (χ1) is 7.61. The summed E-state index contributed by atoms with van der Waals surface area (Å²) in [6.07, 6.45) is 10.3. The molecule has 2 rings (SSSR count). The molecule has 0 saturated carbocycles. The third-order valence-corrected chi connectivity index (χ3v) is 3.32. The maximum absolute atomic E-state index is 11.4. The van der Waals surface area contributed by atoms with Crippen molar-refractivity contribution in [1.29, 1.82) is 0 Å². The molecule has 0 fully saturated rings. The van der Waals surface area contributed by atoms with Crippen molar-refractivity contribution in [2.45, 2.75) is 26.7 Å². The molecule has 0 unspecified atom stereocenters. The van der Waals surface area contributed by atoms with Crippen LogP contribution in [0, 0.1) is 0 Å². The highest BCUT2D eigenvalue weighted by molar-refractivity contribution is 5.98. The molecule has 16 heavy (non-hydrogen) atoms. The summed E-state index contributed by atoms with van der Waals surface area (Å²) < 4.78 is 0.